The van der Waals surface area contributed by atoms with Gasteiger partial charge in [-0.15, -0.1) is 11.8 Å². The van der Waals surface area contributed by atoms with Crippen molar-refractivity contribution in [2.45, 2.75) is 31.2 Å². The van der Waals surface area contributed by atoms with Gasteiger partial charge in [-0.1, -0.05) is 18.2 Å². The number of carbonyl (C=O) groups excluding carboxylic acids is 1. The molecule has 3 nitrogen and oxygen atoms in total. The van der Waals surface area contributed by atoms with Gasteiger partial charge in [0.1, 0.15) is 0 Å². The number of nitrogens with two attached hydrogens (primary N) is 1. The van der Waals surface area contributed by atoms with Crippen molar-refractivity contribution in [3.63, 3.8) is 0 Å². The topological polar surface area (TPSA) is 46.3 Å². The van der Waals surface area contributed by atoms with E-state index < -0.39 is 0 Å². The molecular weight excluding hydrogens is 244 g/mol. The predicted molar refractivity (Wildman–Crippen MR) is 77.7 cm³/mol. The third kappa shape index (κ3) is 5.10. The Hall–Kier alpha value is -1.00. The molecule has 2 N–H and O–H groups in total. The summed E-state index contributed by atoms with van der Waals surface area (Å²) >= 11 is 1.70. The number of rotatable bonds is 7. The van der Waals surface area contributed by atoms with Gasteiger partial charge in [0, 0.05) is 36.2 Å². The first-order valence-corrected chi connectivity index (χ1v) is 7.37. The van der Waals surface area contributed by atoms with E-state index in [1.54, 1.807) is 11.8 Å². The van der Waals surface area contributed by atoms with E-state index >= 15 is 0 Å². The van der Waals surface area contributed by atoms with Crippen LogP contribution in [-0.4, -0.2) is 35.7 Å². The smallest absolute Gasteiger partial charge is 0.224 e. The maximum atomic E-state index is 11.9. The molecule has 0 heterocycles. The summed E-state index contributed by atoms with van der Waals surface area (Å²) in [7, 11) is 0. The third-order valence-corrected chi connectivity index (χ3v) is 3.96. The van der Waals surface area contributed by atoms with Crippen molar-refractivity contribution in [1.82, 2.24) is 4.90 Å². The van der Waals surface area contributed by atoms with E-state index in [4.69, 9.17) is 5.73 Å². The molecule has 1 aromatic carbocycles. The van der Waals surface area contributed by atoms with Crippen molar-refractivity contribution in [1.29, 1.82) is 0 Å². The zero-order chi connectivity index (χ0) is 13.4. The number of hydrogen-bond donors (Lipinski definition) is 1. The number of thioether (sulfide) groups is 1. The van der Waals surface area contributed by atoms with Gasteiger partial charge in [-0.3, -0.25) is 4.79 Å². The standard InChI is InChI=1S/C14H22N2OS/c1-3-16(4-2)14(17)10-12(15)11-18-13-8-6-5-7-9-13/h5-9,12H,3-4,10-11,15H2,1-2H3/t12-/m1/s1. The molecule has 0 fully saturated rings. The largest absolute Gasteiger partial charge is 0.343 e. The first-order valence-electron chi connectivity index (χ1n) is 6.38. The van der Waals surface area contributed by atoms with Gasteiger partial charge in [-0.05, 0) is 26.0 Å². The van der Waals surface area contributed by atoms with Gasteiger partial charge in [0.25, 0.3) is 0 Å². The Labute approximate surface area is 114 Å². The van der Waals surface area contributed by atoms with Crippen molar-refractivity contribution in [2.75, 3.05) is 18.8 Å². The lowest BCUT2D eigenvalue weighted by atomic mass is 10.2. The molecule has 0 aliphatic rings. The molecular formula is C14H22N2OS. The molecule has 4 heteroatoms. The van der Waals surface area contributed by atoms with Crippen molar-refractivity contribution in [3.05, 3.63) is 30.3 Å². The van der Waals surface area contributed by atoms with E-state index in [9.17, 15) is 4.79 Å². The van der Waals surface area contributed by atoms with Crippen molar-refractivity contribution in [3.8, 4) is 0 Å². The second-order valence-corrected chi connectivity index (χ2v) is 5.25. The average Bonchev–Trinajstić information content (AvgIpc) is 2.39. The van der Waals surface area contributed by atoms with Crippen molar-refractivity contribution < 1.29 is 4.79 Å². The lowest BCUT2D eigenvalue weighted by Crippen LogP contribution is -2.36. The Kier molecular flexibility index (Phi) is 6.83. The van der Waals surface area contributed by atoms with Gasteiger partial charge in [0.05, 0.1) is 0 Å². The first-order chi connectivity index (χ1) is 8.67. The minimum absolute atomic E-state index is 0.0803. The molecule has 0 aliphatic heterocycles. The Balaban J connectivity index is 2.33. The maximum Gasteiger partial charge on any atom is 0.224 e. The molecule has 1 amide bonds. The minimum Gasteiger partial charge on any atom is -0.343 e. The normalized spacial score (nSPS) is 12.2. The van der Waals surface area contributed by atoms with Crippen LogP contribution in [0, 0.1) is 0 Å². The van der Waals surface area contributed by atoms with Crippen molar-refractivity contribution in [2.24, 2.45) is 5.73 Å². The van der Waals surface area contributed by atoms with Gasteiger partial charge >= 0.3 is 0 Å². The summed E-state index contributed by atoms with van der Waals surface area (Å²) in [5.74, 6) is 0.929. The second-order valence-electron chi connectivity index (χ2n) is 4.15. The highest BCUT2D eigenvalue weighted by molar-refractivity contribution is 7.99. The monoisotopic (exact) mass is 266 g/mol. The zero-order valence-corrected chi connectivity index (χ0v) is 12.0. The number of amides is 1. The Morgan fingerprint density at radius 1 is 1.28 bits per heavy atom. The summed E-state index contributed by atoms with van der Waals surface area (Å²) in [4.78, 5) is 14.9. The highest BCUT2D eigenvalue weighted by atomic mass is 32.2. The summed E-state index contributed by atoms with van der Waals surface area (Å²) < 4.78 is 0. The number of nitrogens with zero attached hydrogens (tertiary/aromatic N) is 1. The number of carbonyl (C=O) groups is 1. The fourth-order valence-electron chi connectivity index (χ4n) is 1.71. The molecule has 100 valence electrons. The molecule has 0 saturated carbocycles. The van der Waals surface area contributed by atoms with Gasteiger partial charge in [-0.2, -0.15) is 0 Å². The van der Waals surface area contributed by atoms with Gasteiger partial charge in [-0.25, -0.2) is 0 Å². The lowest BCUT2D eigenvalue weighted by molar-refractivity contribution is -0.131. The molecule has 18 heavy (non-hydrogen) atoms. The zero-order valence-electron chi connectivity index (χ0n) is 11.1. The molecule has 0 aromatic heterocycles. The number of hydrogen-bond acceptors (Lipinski definition) is 3. The van der Waals surface area contributed by atoms with Crippen LogP contribution < -0.4 is 5.73 Å². The third-order valence-electron chi connectivity index (χ3n) is 2.76. The van der Waals surface area contributed by atoms with Crippen LogP contribution in [0.1, 0.15) is 20.3 Å². The van der Waals surface area contributed by atoms with Gasteiger partial charge in [0.2, 0.25) is 5.91 Å². The summed E-state index contributed by atoms with van der Waals surface area (Å²) in [5.41, 5.74) is 6.00. The highest BCUT2D eigenvalue weighted by Gasteiger charge is 2.14. The molecule has 1 aromatic rings. The highest BCUT2D eigenvalue weighted by Crippen LogP contribution is 2.18. The molecule has 0 saturated heterocycles. The van der Waals surface area contributed by atoms with E-state index in [0.717, 1.165) is 18.8 Å². The molecule has 0 spiro atoms. The van der Waals surface area contributed by atoms with Crippen LogP contribution in [0.25, 0.3) is 0 Å². The quantitative estimate of drug-likeness (QED) is 0.771. The van der Waals surface area contributed by atoms with Gasteiger partial charge < -0.3 is 10.6 Å². The van der Waals surface area contributed by atoms with Crippen LogP contribution in [0.4, 0.5) is 0 Å². The molecule has 0 aliphatic carbocycles. The summed E-state index contributed by atoms with van der Waals surface area (Å²) in [5, 5.41) is 0. The summed E-state index contributed by atoms with van der Waals surface area (Å²) in [6.45, 7) is 5.50. The predicted octanol–water partition coefficient (Wildman–Crippen LogP) is 2.36. The number of benzene rings is 1. The van der Waals surface area contributed by atoms with Crippen molar-refractivity contribution >= 4 is 17.7 Å². The van der Waals surface area contributed by atoms with Crippen LogP contribution in [0.2, 0.25) is 0 Å². The lowest BCUT2D eigenvalue weighted by Gasteiger charge is -2.20. The SMILES string of the molecule is CCN(CC)C(=O)C[C@@H](N)CSc1ccccc1. The van der Waals surface area contributed by atoms with Crippen LogP contribution in [0.3, 0.4) is 0 Å². The Morgan fingerprint density at radius 3 is 2.44 bits per heavy atom. The average molecular weight is 266 g/mol. The molecule has 0 unspecified atom stereocenters. The van der Waals surface area contributed by atoms with Crippen LogP contribution in [-0.2, 0) is 4.79 Å². The molecule has 0 bridgehead atoms. The minimum atomic E-state index is -0.0803. The van der Waals surface area contributed by atoms with Crippen LogP contribution >= 0.6 is 11.8 Å². The first kappa shape index (κ1) is 15.1. The fourth-order valence-corrected chi connectivity index (χ4v) is 2.58. The van der Waals surface area contributed by atoms with Crippen LogP contribution in [0.5, 0.6) is 0 Å². The van der Waals surface area contributed by atoms with Gasteiger partial charge in [0.15, 0.2) is 0 Å². The Bertz CT molecular complexity index is 352. The summed E-state index contributed by atoms with van der Waals surface area (Å²) in [6.07, 6.45) is 0.432. The van der Waals surface area contributed by atoms with E-state index in [-0.39, 0.29) is 11.9 Å². The van der Waals surface area contributed by atoms with E-state index in [0.29, 0.717) is 6.42 Å². The maximum absolute atomic E-state index is 11.9. The second kappa shape index (κ2) is 8.16. The fraction of sp³-hybridized carbons (Fsp3) is 0.500. The molecule has 1 rings (SSSR count). The van der Waals surface area contributed by atoms with E-state index in [1.807, 2.05) is 36.9 Å². The van der Waals surface area contributed by atoms with E-state index in [2.05, 4.69) is 12.1 Å². The summed E-state index contributed by atoms with van der Waals surface area (Å²) in [6, 6.07) is 10.0. The van der Waals surface area contributed by atoms with E-state index in [1.165, 1.54) is 4.90 Å². The van der Waals surface area contributed by atoms with Crippen LogP contribution in [0.15, 0.2) is 35.2 Å². The molecule has 0 radical (unpaired) electrons. The molecule has 1 atom stereocenters. The Morgan fingerprint density at radius 2 is 1.89 bits per heavy atom.